The van der Waals surface area contributed by atoms with Crippen molar-refractivity contribution < 1.29 is 4.39 Å². The Kier molecular flexibility index (Phi) is 21.2. The van der Waals surface area contributed by atoms with Crippen molar-refractivity contribution in [2.24, 2.45) is 5.92 Å². The number of rotatable bonds is 21. The van der Waals surface area contributed by atoms with Gasteiger partial charge in [0.25, 0.3) is 0 Å². The SMILES string of the molecule is CCCCCCCCCCCCCC(C)C(F)CCCCCCCCC. The van der Waals surface area contributed by atoms with Crippen LogP contribution in [0.4, 0.5) is 4.39 Å². The quantitative estimate of drug-likeness (QED) is 0.176. The molecule has 158 valence electrons. The van der Waals surface area contributed by atoms with Gasteiger partial charge >= 0.3 is 0 Å². The van der Waals surface area contributed by atoms with Crippen LogP contribution < -0.4 is 0 Å². The number of halogens is 1. The molecule has 0 aliphatic heterocycles. The van der Waals surface area contributed by atoms with E-state index in [-0.39, 0.29) is 5.92 Å². The molecule has 0 radical (unpaired) electrons. The monoisotopic (exact) mass is 370 g/mol. The highest BCUT2D eigenvalue weighted by molar-refractivity contribution is 4.65. The fraction of sp³-hybridized carbons (Fsp3) is 1.00. The van der Waals surface area contributed by atoms with E-state index in [4.69, 9.17) is 0 Å². The zero-order chi connectivity index (χ0) is 19.3. The first-order valence-electron chi connectivity index (χ1n) is 12.4. The molecule has 0 amide bonds. The van der Waals surface area contributed by atoms with Crippen molar-refractivity contribution in [3.05, 3.63) is 0 Å². The van der Waals surface area contributed by atoms with Gasteiger partial charge in [0.2, 0.25) is 0 Å². The predicted octanol–water partition coefficient (Wildman–Crippen LogP) is 9.80. The lowest BCUT2D eigenvalue weighted by Crippen LogP contribution is -2.12. The fourth-order valence-corrected chi connectivity index (χ4v) is 3.89. The molecule has 0 heterocycles. The van der Waals surface area contributed by atoms with E-state index < -0.39 is 6.17 Å². The van der Waals surface area contributed by atoms with E-state index >= 15 is 0 Å². The van der Waals surface area contributed by atoms with E-state index in [1.165, 1.54) is 109 Å². The van der Waals surface area contributed by atoms with Crippen LogP contribution in [0.25, 0.3) is 0 Å². The Morgan fingerprint density at radius 2 is 0.769 bits per heavy atom. The van der Waals surface area contributed by atoms with Crippen LogP contribution in [0.15, 0.2) is 0 Å². The molecule has 0 rings (SSSR count). The van der Waals surface area contributed by atoms with Gasteiger partial charge in [0, 0.05) is 0 Å². The second kappa shape index (κ2) is 21.2. The molecule has 0 aromatic carbocycles. The van der Waals surface area contributed by atoms with Crippen molar-refractivity contribution in [1.29, 1.82) is 0 Å². The smallest absolute Gasteiger partial charge is 0.103 e. The van der Waals surface area contributed by atoms with Gasteiger partial charge in [-0.05, 0) is 18.8 Å². The number of hydrogen-bond donors (Lipinski definition) is 0. The van der Waals surface area contributed by atoms with E-state index in [1.807, 2.05) is 0 Å². The maximum absolute atomic E-state index is 14.2. The van der Waals surface area contributed by atoms with E-state index in [0.717, 1.165) is 19.3 Å². The molecule has 0 aromatic rings. The van der Waals surface area contributed by atoms with Gasteiger partial charge in [-0.15, -0.1) is 0 Å². The van der Waals surface area contributed by atoms with Gasteiger partial charge in [0.15, 0.2) is 0 Å². The summed E-state index contributed by atoms with van der Waals surface area (Å²) in [7, 11) is 0. The molecule has 0 saturated heterocycles. The van der Waals surface area contributed by atoms with Gasteiger partial charge in [-0.3, -0.25) is 0 Å². The zero-order valence-electron chi connectivity index (χ0n) is 18.7. The molecule has 0 spiro atoms. The van der Waals surface area contributed by atoms with Crippen LogP contribution in [0.3, 0.4) is 0 Å². The minimum atomic E-state index is -0.561. The van der Waals surface area contributed by atoms with Gasteiger partial charge < -0.3 is 0 Å². The summed E-state index contributed by atoms with van der Waals surface area (Å²) in [5.74, 6) is 0.272. The summed E-state index contributed by atoms with van der Waals surface area (Å²) < 4.78 is 14.2. The maximum atomic E-state index is 14.2. The van der Waals surface area contributed by atoms with Gasteiger partial charge in [0.1, 0.15) is 6.17 Å². The van der Waals surface area contributed by atoms with Crippen molar-refractivity contribution in [2.45, 2.75) is 155 Å². The normalized spacial score (nSPS) is 13.8. The first-order chi connectivity index (χ1) is 12.7. The topological polar surface area (TPSA) is 0 Å². The molecule has 0 aliphatic rings. The van der Waals surface area contributed by atoms with Gasteiger partial charge in [-0.1, -0.05) is 136 Å². The van der Waals surface area contributed by atoms with E-state index in [9.17, 15) is 4.39 Å². The molecular formula is C25H51F. The van der Waals surface area contributed by atoms with Gasteiger partial charge in [-0.2, -0.15) is 0 Å². The number of unbranched alkanes of at least 4 members (excludes halogenated alkanes) is 16. The van der Waals surface area contributed by atoms with Crippen LogP contribution in [0.2, 0.25) is 0 Å². The molecule has 2 unspecified atom stereocenters. The molecule has 0 nitrogen and oxygen atoms in total. The molecule has 2 atom stereocenters. The Morgan fingerprint density at radius 3 is 1.15 bits per heavy atom. The Hall–Kier alpha value is -0.0700. The highest BCUT2D eigenvalue weighted by atomic mass is 19.1. The van der Waals surface area contributed by atoms with Crippen molar-refractivity contribution in [2.75, 3.05) is 0 Å². The van der Waals surface area contributed by atoms with E-state index in [2.05, 4.69) is 20.8 Å². The van der Waals surface area contributed by atoms with Crippen LogP contribution in [0.5, 0.6) is 0 Å². The molecule has 26 heavy (non-hydrogen) atoms. The minimum Gasteiger partial charge on any atom is -0.247 e. The van der Waals surface area contributed by atoms with Crippen molar-refractivity contribution in [3.63, 3.8) is 0 Å². The summed E-state index contributed by atoms with van der Waals surface area (Å²) >= 11 is 0. The lowest BCUT2D eigenvalue weighted by Gasteiger charge is -2.16. The van der Waals surface area contributed by atoms with Crippen molar-refractivity contribution in [1.82, 2.24) is 0 Å². The van der Waals surface area contributed by atoms with Crippen molar-refractivity contribution in [3.8, 4) is 0 Å². The predicted molar refractivity (Wildman–Crippen MR) is 118 cm³/mol. The summed E-state index contributed by atoms with van der Waals surface area (Å²) in [6, 6.07) is 0. The fourth-order valence-electron chi connectivity index (χ4n) is 3.89. The molecule has 0 fully saturated rings. The average Bonchev–Trinajstić information content (AvgIpc) is 2.65. The summed E-state index contributed by atoms with van der Waals surface area (Å²) in [6.07, 6.45) is 25.5. The molecule has 0 N–H and O–H groups in total. The largest absolute Gasteiger partial charge is 0.247 e. The third kappa shape index (κ3) is 18.7. The highest BCUT2D eigenvalue weighted by Gasteiger charge is 2.15. The summed E-state index contributed by atoms with van der Waals surface area (Å²) in [5, 5.41) is 0. The summed E-state index contributed by atoms with van der Waals surface area (Å²) in [6.45, 7) is 6.66. The average molecular weight is 371 g/mol. The lowest BCUT2D eigenvalue weighted by atomic mass is 9.94. The molecular weight excluding hydrogens is 319 g/mol. The zero-order valence-corrected chi connectivity index (χ0v) is 18.7. The van der Waals surface area contributed by atoms with Gasteiger partial charge in [0.05, 0.1) is 0 Å². The summed E-state index contributed by atoms with van der Waals surface area (Å²) in [5.41, 5.74) is 0. The standard InChI is InChI=1S/C25H51F/c1-4-6-8-10-12-13-14-15-17-18-20-22-24(3)25(26)23-21-19-16-11-9-7-5-2/h24-25H,4-23H2,1-3H3. The number of alkyl halides is 1. The van der Waals surface area contributed by atoms with Crippen LogP contribution in [0, 0.1) is 5.92 Å². The Morgan fingerprint density at radius 1 is 0.462 bits per heavy atom. The Balaban J connectivity index is 3.30. The van der Waals surface area contributed by atoms with Gasteiger partial charge in [-0.25, -0.2) is 4.39 Å². The second-order valence-electron chi connectivity index (χ2n) is 8.73. The third-order valence-corrected chi connectivity index (χ3v) is 5.96. The Bertz CT molecular complexity index is 251. The van der Waals surface area contributed by atoms with Crippen LogP contribution in [0.1, 0.15) is 149 Å². The first kappa shape index (κ1) is 25.9. The Labute approximate surface area is 166 Å². The molecule has 0 bridgehead atoms. The highest BCUT2D eigenvalue weighted by Crippen LogP contribution is 2.22. The van der Waals surface area contributed by atoms with E-state index in [0.29, 0.717) is 0 Å². The van der Waals surface area contributed by atoms with Crippen molar-refractivity contribution >= 4 is 0 Å². The second-order valence-corrected chi connectivity index (χ2v) is 8.73. The molecule has 0 aromatic heterocycles. The summed E-state index contributed by atoms with van der Waals surface area (Å²) in [4.78, 5) is 0. The minimum absolute atomic E-state index is 0.272. The number of hydrogen-bond acceptors (Lipinski definition) is 0. The molecule has 0 saturated carbocycles. The van der Waals surface area contributed by atoms with Crippen LogP contribution in [-0.2, 0) is 0 Å². The molecule has 1 heteroatoms. The lowest BCUT2D eigenvalue weighted by molar-refractivity contribution is 0.208. The van der Waals surface area contributed by atoms with Crippen LogP contribution >= 0.6 is 0 Å². The first-order valence-corrected chi connectivity index (χ1v) is 12.4. The third-order valence-electron chi connectivity index (χ3n) is 5.96. The van der Waals surface area contributed by atoms with E-state index in [1.54, 1.807) is 0 Å². The van der Waals surface area contributed by atoms with Crippen LogP contribution in [-0.4, -0.2) is 6.17 Å². The maximum Gasteiger partial charge on any atom is 0.103 e. The molecule has 0 aliphatic carbocycles.